The Morgan fingerprint density at radius 2 is 2.11 bits per heavy atom. The van der Waals surface area contributed by atoms with Gasteiger partial charge in [0.25, 0.3) is 5.91 Å². The van der Waals surface area contributed by atoms with Crippen LogP contribution >= 0.6 is 11.6 Å². The maximum Gasteiger partial charge on any atom is 0.321 e. The van der Waals surface area contributed by atoms with Crippen LogP contribution in [0.2, 0.25) is 5.02 Å². The number of ether oxygens (including phenoxy) is 1. The fourth-order valence-corrected chi connectivity index (χ4v) is 1.74. The second kappa shape index (κ2) is 5.36. The number of carbonyl (C=O) groups excluding carboxylic acids is 2. The number of halogens is 1. The highest BCUT2D eigenvalue weighted by molar-refractivity contribution is 6.34. The molecule has 0 radical (unpaired) electrons. The molecule has 102 valence electrons. The number of amides is 3. The van der Waals surface area contributed by atoms with E-state index in [1.807, 2.05) is 0 Å². The molecule has 2 rings (SSSR count). The number of aromatic hydroxyl groups is 1. The molecule has 1 aliphatic carbocycles. The normalized spacial score (nSPS) is 13.8. The first-order valence-electron chi connectivity index (χ1n) is 5.69. The number of hydrogen-bond donors (Lipinski definition) is 3. The van der Waals surface area contributed by atoms with Gasteiger partial charge in [-0.05, 0) is 18.9 Å². The van der Waals surface area contributed by atoms with Crippen LogP contribution in [0.25, 0.3) is 0 Å². The predicted molar refractivity (Wildman–Crippen MR) is 68.7 cm³/mol. The van der Waals surface area contributed by atoms with Crippen molar-refractivity contribution in [1.82, 2.24) is 10.6 Å². The molecule has 7 heteroatoms. The van der Waals surface area contributed by atoms with Crippen LogP contribution in [0.1, 0.15) is 23.2 Å². The first-order chi connectivity index (χ1) is 9.01. The van der Waals surface area contributed by atoms with Crippen molar-refractivity contribution in [2.75, 3.05) is 7.11 Å². The Morgan fingerprint density at radius 1 is 1.42 bits per heavy atom. The van der Waals surface area contributed by atoms with Gasteiger partial charge in [-0.2, -0.15) is 0 Å². The zero-order chi connectivity index (χ0) is 14.0. The number of phenolic OH excluding ortho intramolecular Hbond substituents is 1. The van der Waals surface area contributed by atoms with Crippen molar-refractivity contribution in [3.05, 3.63) is 22.7 Å². The van der Waals surface area contributed by atoms with Gasteiger partial charge in [-0.25, -0.2) is 4.79 Å². The molecule has 0 heterocycles. The van der Waals surface area contributed by atoms with E-state index in [1.54, 1.807) is 0 Å². The number of phenols is 1. The molecule has 1 fully saturated rings. The predicted octanol–water partition coefficient (Wildman–Crippen LogP) is 1.66. The van der Waals surface area contributed by atoms with E-state index in [1.165, 1.54) is 13.2 Å². The molecule has 1 saturated carbocycles. The number of imide groups is 1. The van der Waals surface area contributed by atoms with Crippen molar-refractivity contribution in [3.63, 3.8) is 0 Å². The SMILES string of the molecule is COc1cc(Cl)c(C(=O)NC(=O)NC2CC2)cc1O. The summed E-state index contributed by atoms with van der Waals surface area (Å²) < 4.78 is 4.86. The third-order valence-corrected chi connectivity index (χ3v) is 2.97. The van der Waals surface area contributed by atoms with Gasteiger partial charge in [0.2, 0.25) is 0 Å². The van der Waals surface area contributed by atoms with E-state index < -0.39 is 11.9 Å². The molecule has 0 bridgehead atoms. The molecule has 3 amide bonds. The van der Waals surface area contributed by atoms with E-state index in [-0.39, 0.29) is 28.1 Å². The van der Waals surface area contributed by atoms with Crippen LogP contribution in [0.4, 0.5) is 4.79 Å². The fourth-order valence-electron chi connectivity index (χ4n) is 1.50. The number of nitrogens with one attached hydrogen (secondary N) is 2. The van der Waals surface area contributed by atoms with Crippen LogP contribution in [0.3, 0.4) is 0 Å². The Morgan fingerprint density at radius 3 is 2.68 bits per heavy atom. The highest BCUT2D eigenvalue weighted by Gasteiger charge is 2.24. The molecule has 1 aromatic rings. The minimum Gasteiger partial charge on any atom is -0.504 e. The van der Waals surface area contributed by atoms with E-state index in [9.17, 15) is 14.7 Å². The van der Waals surface area contributed by atoms with Crippen molar-refractivity contribution in [2.24, 2.45) is 0 Å². The van der Waals surface area contributed by atoms with E-state index in [0.29, 0.717) is 0 Å². The molecule has 0 unspecified atom stereocenters. The molecule has 19 heavy (non-hydrogen) atoms. The van der Waals surface area contributed by atoms with E-state index in [2.05, 4.69) is 10.6 Å². The molecular weight excluding hydrogens is 272 g/mol. The van der Waals surface area contributed by atoms with Gasteiger partial charge in [0.1, 0.15) is 0 Å². The highest BCUT2D eigenvalue weighted by atomic mass is 35.5. The molecule has 6 nitrogen and oxygen atoms in total. The molecule has 0 saturated heterocycles. The second-order valence-corrected chi connectivity index (χ2v) is 4.61. The summed E-state index contributed by atoms with van der Waals surface area (Å²) in [7, 11) is 1.37. The number of rotatable bonds is 3. The summed E-state index contributed by atoms with van der Waals surface area (Å²) >= 11 is 5.89. The molecule has 1 aromatic carbocycles. The van der Waals surface area contributed by atoms with Crippen molar-refractivity contribution >= 4 is 23.5 Å². The third kappa shape index (κ3) is 3.29. The summed E-state index contributed by atoms with van der Waals surface area (Å²) in [6, 6.07) is 2.04. The van der Waals surface area contributed by atoms with Gasteiger partial charge in [0.05, 0.1) is 17.7 Å². The van der Waals surface area contributed by atoms with Crippen LogP contribution in [-0.4, -0.2) is 30.2 Å². The zero-order valence-electron chi connectivity index (χ0n) is 10.2. The Bertz CT molecular complexity index is 529. The third-order valence-electron chi connectivity index (χ3n) is 2.65. The summed E-state index contributed by atoms with van der Waals surface area (Å²) in [6.07, 6.45) is 1.84. The van der Waals surface area contributed by atoms with Gasteiger partial charge < -0.3 is 15.2 Å². The number of hydrogen-bond acceptors (Lipinski definition) is 4. The molecule has 0 aliphatic heterocycles. The topological polar surface area (TPSA) is 87.7 Å². The fraction of sp³-hybridized carbons (Fsp3) is 0.333. The Balaban J connectivity index is 2.09. The highest BCUT2D eigenvalue weighted by Crippen LogP contribution is 2.32. The number of benzene rings is 1. The van der Waals surface area contributed by atoms with Gasteiger partial charge in [-0.1, -0.05) is 11.6 Å². The van der Waals surface area contributed by atoms with Crippen molar-refractivity contribution < 1.29 is 19.4 Å². The summed E-state index contributed by atoms with van der Waals surface area (Å²) in [5.41, 5.74) is 0.00548. The largest absolute Gasteiger partial charge is 0.504 e. The smallest absolute Gasteiger partial charge is 0.321 e. The van der Waals surface area contributed by atoms with Gasteiger partial charge >= 0.3 is 6.03 Å². The Hall–Kier alpha value is -1.95. The second-order valence-electron chi connectivity index (χ2n) is 4.21. The maximum absolute atomic E-state index is 11.8. The first-order valence-corrected chi connectivity index (χ1v) is 6.07. The van der Waals surface area contributed by atoms with Gasteiger partial charge in [-0.3, -0.25) is 10.1 Å². The van der Waals surface area contributed by atoms with Gasteiger partial charge in [-0.15, -0.1) is 0 Å². The lowest BCUT2D eigenvalue weighted by Gasteiger charge is -2.09. The van der Waals surface area contributed by atoms with Crippen LogP contribution in [0.5, 0.6) is 11.5 Å². The summed E-state index contributed by atoms with van der Waals surface area (Å²) in [4.78, 5) is 23.2. The standard InChI is InChI=1S/C12H13ClN2O4/c1-19-10-5-8(13)7(4-9(10)16)11(17)15-12(18)14-6-2-3-6/h4-6,16H,2-3H2,1H3,(H2,14,15,17,18). The maximum atomic E-state index is 11.8. The molecule has 0 spiro atoms. The number of methoxy groups -OCH3 is 1. The molecular formula is C12H13ClN2O4. The minimum atomic E-state index is -0.680. The average Bonchev–Trinajstić information content (AvgIpc) is 3.15. The summed E-state index contributed by atoms with van der Waals surface area (Å²) in [6.45, 7) is 0. The molecule has 1 aliphatic rings. The van der Waals surface area contributed by atoms with Crippen LogP contribution in [0.15, 0.2) is 12.1 Å². The quantitative estimate of drug-likeness (QED) is 0.788. The Kier molecular flexibility index (Phi) is 3.80. The lowest BCUT2D eigenvalue weighted by Crippen LogP contribution is -2.40. The minimum absolute atomic E-state index is 0.00548. The van der Waals surface area contributed by atoms with E-state index in [4.69, 9.17) is 16.3 Å². The summed E-state index contributed by atoms with van der Waals surface area (Å²) in [5, 5.41) is 14.4. The zero-order valence-corrected chi connectivity index (χ0v) is 11.0. The van der Waals surface area contributed by atoms with Crippen molar-refractivity contribution in [2.45, 2.75) is 18.9 Å². The Labute approximate surface area is 114 Å². The van der Waals surface area contributed by atoms with Crippen molar-refractivity contribution in [1.29, 1.82) is 0 Å². The van der Waals surface area contributed by atoms with E-state index in [0.717, 1.165) is 18.9 Å². The molecule has 0 aromatic heterocycles. The monoisotopic (exact) mass is 284 g/mol. The number of urea groups is 1. The molecule has 0 atom stereocenters. The van der Waals surface area contributed by atoms with Crippen LogP contribution < -0.4 is 15.4 Å². The lowest BCUT2D eigenvalue weighted by atomic mass is 10.2. The van der Waals surface area contributed by atoms with Crippen LogP contribution in [0, 0.1) is 0 Å². The average molecular weight is 285 g/mol. The number of carbonyl (C=O) groups is 2. The molecule has 3 N–H and O–H groups in total. The first kappa shape index (κ1) is 13.5. The lowest BCUT2D eigenvalue weighted by molar-refractivity contribution is 0.0963. The van der Waals surface area contributed by atoms with Crippen molar-refractivity contribution in [3.8, 4) is 11.5 Å². The van der Waals surface area contributed by atoms with Gasteiger partial charge in [0.15, 0.2) is 11.5 Å². The van der Waals surface area contributed by atoms with E-state index >= 15 is 0 Å². The summed E-state index contributed by atoms with van der Waals surface area (Å²) in [5.74, 6) is -0.746. The van der Waals surface area contributed by atoms with Crippen LogP contribution in [-0.2, 0) is 0 Å². The van der Waals surface area contributed by atoms with Gasteiger partial charge in [0, 0.05) is 12.1 Å².